The van der Waals surface area contributed by atoms with Crippen LogP contribution in [0.2, 0.25) is 0 Å². The first-order valence-corrected chi connectivity index (χ1v) is 6.57. The second-order valence-corrected chi connectivity index (χ2v) is 5.71. The van der Waals surface area contributed by atoms with E-state index in [1.165, 1.54) is 4.90 Å². The Labute approximate surface area is 118 Å². The van der Waals surface area contributed by atoms with Gasteiger partial charge in [-0.25, -0.2) is 9.59 Å². The summed E-state index contributed by atoms with van der Waals surface area (Å²) >= 11 is 0. The van der Waals surface area contributed by atoms with Gasteiger partial charge in [0.1, 0.15) is 11.6 Å². The van der Waals surface area contributed by atoms with Crippen molar-refractivity contribution in [2.75, 3.05) is 26.9 Å². The van der Waals surface area contributed by atoms with Crippen LogP contribution in [0.15, 0.2) is 0 Å². The normalized spacial score (nSPS) is 22.9. The number of nitrogens with zero attached hydrogens (tertiary/aromatic N) is 1. The molecule has 0 aromatic heterocycles. The number of likely N-dealkylation sites (tertiary alicyclic amines) is 1. The topological polar surface area (TPSA) is 85.3 Å². The molecule has 1 heterocycles. The van der Waals surface area contributed by atoms with Gasteiger partial charge in [-0.2, -0.15) is 0 Å². The zero-order chi connectivity index (χ0) is 15.3. The van der Waals surface area contributed by atoms with Crippen molar-refractivity contribution in [3.05, 3.63) is 0 Å². The highest BCUT2D eigenvalue weighted by Gasteiger charge is 2.42. The van der Waals surface area contributed by atoms with E-state index in [4.69, 9.17) is 14.2 Å². The van der Waals surface area contributed by atoms with Gasteiger partial charge in [-0.05, 0) is 20.8 Å². The average Bonchev–Trinajstić information content (AvgIpc) is 2.71. The van der Waals surface area contributed by atoms with Gasteiger partial charge in [0.15, 0.2) is 0 Å². The fraction of sp³-hybridized carbons (Fsp3) is 0.846. The third-order valence-corrected chi connectivity index (χ3v) is 2.82. The number of rotatable bonds is 5. The summed E-state index contributed by atoms with van der Waals surface area (Å²) in [6.45, 7) is 6.24. The summed E-state index contributed by atoms with van der Waals surface area (Å²) in [4.78, 5) is 24.5. The number of ether oxygens (including phenoxy) is 3. The smallest absolute Gasteiger partial charge is 0.411 e. The molecule has 0 aliphatic carbocycles. The highest BCUT2D eigenvalue weighted by atomic mass is 16.6. The van der Waals surface area contributed by atoms with Crippen LogP contribution in [0.5, 0.6) is 0 Å². The number of amides is 1. The zero-order valence-electron chi connectivity index (χ0n) is 12.4. The van der Waals surface area contributed by atoms with Crippen molar-refractivity contribution in [2.45, 2.75) is 44.9 Å². The molecular weight excluding hydrogens is 266 g/mol. The number of carboxylic acids is 1. The number of methoxy groups -OCH3 is 1. The number of hydrogen-bond donors (Lipinski definition) is 1. The van der Waals surface area contributed by atoms with Crippen molar-refractivity contribution >= 4 is 12.1 Å². The van der Waals surface area contributed by atoms with Crippen LogP contribution in [0.25, 0.3) is 0 Å². The third kappa shape index (κ3) is 4.97. The van der Waals surface area contributed by atoms with Gasteiger partial charge in [0, 0.05) is 13.5 Å². The predicted molar refractivity (Wildman–Crippen MR) is 70.6 cm³/mol. The van der Waals surface area contributed by atoms with Crippen molar-refractivity contribution < 1.29 is 28.9 Å². The molecular formula is C13H23NO6. The summed E-state index contributed by atoms with van der Waals surface area (Å²) in [5.41, 5.74) is -0.658. The Balaban J connectivity index is 2.63. The number of aliphatic carboxylic acids is 1. The van der Waals surface area contributed by atoms with Crippen molar-refractivity contribution in [2.24, 2.45) is 0 Å². The molecule has 20 heavy (non-hydrogen) atoms. The lowest BCUT2D eigenvalue weighted by molar-refractivity contribution is -0.142. The largest absolute Gasteiger partial charge is 0.480 e. The van der Waals surface area contributed by atoms with Crippen LogP contribution < -0.4 is 0 Å². The lowest BCUT2D eigenvalue weighted by atomic mass is 10.2. The molecule has 7 heteroatoms. The van der Waals surface area contributed by atoms with Gasteiger partial charge in [0.25, 0.3) is 0 Å². The van der Waals surface area contributed by atoms with Gasteiger partial charge in [-0.1, -0.05) is 0 Å². The quantitative estimate of drug-likeness (QED) is 0.763. The van der Waals surface area contributed by atoms with Crippen LogP contribution in [0.3, 0.4) is 0 Å². The molecule has 1 fully saturated rings. The molecule has 1 saturated heterocycles. The van der Waals surface area contributed by atoms with E-state index in [2.05, 4.69) is 0 Å². The van der Waals surface area contributed by atoms with E-state index in [-0.39, 0.29) is 19.1 Å². The molecule has 1 aliphatic rings. The Morgan fingerprint density at radius 1 is 1.30 bits per heavy atom. The van der Waals surface area contributed by atoms with E-state index >= 15 is 0 Å². The van der Waals surface area contributed by atoms with Crippen LogP contribution in [0, 0.1) is 0 Å². The molecule has 1 aliphatic heterocycles. The van der Waals surface area contributed by atoms with Crippen LogP contribution in [-0.4, -0.2) is 66.7 Å². The summed E-state index contributed by atoms with van der Waals surface area (Å²) in [6, 6.07) is -0.905. The standard InChI is InChI=1S/C13H23NO6/c1-13(2,3)20-12(17)14-8-9(19-6-5-18-4)7-10(14)11(15)16/h9-10H,5-8H2,1-4H3,(H,15,16)/t9?,10-/m1/s1. The minimum absolute atomic E-state index is 0.218. The first-order valence-electron chi connectivity index (χ1n) is 6.57. The van der Waals surface area contributed by atoms with E-state index < -0.39 is 23.7 Å². The van der Waals surface area contributed by atoms with E-state index in [1.54, 1.807) is 27.9 Å². The molecule has 0 bridgehead atoms. The second kappa shape index (κ2) is 6.90. The molecule has 116 valence electrons. The molecule has 0 spiro atoms. The van der Waals surface area contributed by atoms with Crippen LogP contribution in [-0.2, 0) is 19.0 Å². The van der Waals surface area contributed by atoms with Crippen LogP contribution in [0.4, 0.5) is 4.79 Å². The molecule has 7 nitrogen and oxygen atoms in total. The Hall–Kier alpha value is -1.34. The van der Waals surface area contributed by atoms with Crippen LogP contribution in [0.1, 0.15) is 27.2 Å². The summed E-state index contributed by atoms with van der Waals surface area (Å²) in [5.74, 6) is -1.05. The molecule has 2 atom stereocenters. The van der Waals surface area contributed by atoms with E-state index in [9.17, 15) is 14.7 Å². The Morgan fingerprint density at radius 2 is 1.95 bits per heavy atom. The molecule has 1 unspecified atom stereocenters. The SMILES string of the molecule is COCCOC1C[C@H](C(=O)O)N(C(=O)OC(C)(C)C)C1. The van der Waals surface area contributed by atoms with Gasteiger partial charge in [0.2, 0.25) is 0 Å². The Morgan fingerprint density at radius 3 is 2.45 bits per heavy atom. The fourth-order valence-electron chi connectivity index (χ4n) is 1.97. The van der Waals surface area contributed by atoms with Gasteiger partial charge >= 0.3 is 12.1 Å². The van der Waals surface area contributed by atoms with Crippen molar-refractivity contribution in [3.63, 3.8) is 0 Å². The third-order valence-electron chi connectivity index (χ3n) is 2.82. The maximum atomic E-state index is 12.0. The molecule has 0 aromatic rings. The molecule has 1 rings (SSSR count). The summed E-state index contributed by atoms with van der Waals surface area (Å²) in [6.07, 6.45) is -0.667. The molecule has 0 aromatic carbocycles. The summed E-state index contributed by atoms with van der Waals surface area (Å²) < 4.78 is 15.6. The average molecular weight is 289 g/mol. The zero-order valence-corrected chi connectivity index (χ0v) is 12.4. The lowest BCUT2D eigenvalue weighted by Gasteiger charge is -2.26. The number of carbonyl (C=O) groups is 2. The Kier molecular flexibility index (Phi) is 5.76. The monoisotopic (exact) mass is 289 g/mol. The van der Waals surface area contributed by atoms with E-state index in [0.717, 1.165) is 0 Å². The highest BCUT2D eigenvalue weighted by molar-refractivity contribution is 5.81. The summed E-state index contributed by atoms with van der Waals surface area (Å²) in [7, 11) is 1.56. The molecule has 1 amide bonds. The molecule has 0 saturated carbocycles. The van der Waals surface area contributed by atoms with Crippen LogP contribution >= 0.6 is 0 Å². The minimum Gasteiger partial charge on any atom is -0.480 e. The summed E-state index contributed by atoms with van der Waals surface area (Å²) in [5, 5.41) is 9.19. The number of carboxylic acid groups (broad SMARTS) is 1. The van der Waals surface area contributed by atoms with Crippen molar-refractivity contribution in [3.8, 4) is 0 Å². The first-order chi connectivity index (χ1) is 9.24. The number of carbonyl (C=O) groups excluding carboxylic acids is 1. The maximum Gasteiger partial charge on any atom is 0.411 e. The lowest BCUT2D eigenvalue weighted by Crippen LogP contribution is -2.43. The van der Waals surface area contributed by atoms with Crippen molar-refractivity contribution in [1.82, 2.24) is 4.90 Å². The second-order valence-electron chi connectivity index (χ2n) is 5.71. The number of hydrogen-bond acceptors (Lipinski definition) is 5. The Bertz CT molecular complexity index is 351. The molecule has 0 radical (unpaired) electrons. The minimum atomic E-state index is -1.05. The van der Waals surface area contributed by atoms with Gasteiger partial charge < -0.3 is 19.3 Å². The highest BCUT2D eigenvalue weighted by Crippen LogP contribution is 2.23. The first kappa shape index (κ1) is 16.7. The predicted octanol–water partition coefficient (Wildman–Crippen LogP) is 1.11. The van der Waals surface area contributed by atoms with Gasteiger partial charge in [0.05, 0.1) is 25.9 Å². The maximum absolute atomic E-state index is 12.0. The fourth-order valence-corrected chi connectivity index (χ4v) is 1.97. The van der Waals surface area contributed by atoms with Crippen molar-refractivity contribution in [1.29, 1.82) is 0 Å². The van der Waals surface area contributed by atoms with E-state index in [1.807, 2.05) is 0 Å². The van der Waals surface area contributed by atoms with Gasteiger partial charge in [-0.3, -0.25) is 4.90 Å². The van der Waals surface area contributed by atoms with E-state index in [0.29, 0.717) is 13.2 Å². The molecule has 1 N–H and O–H groups in total. The van der Waals surface area contributed by atoms with Gasteiger partial charge in [-0.15, -0.1) is 0 Å².